The van der Waals surface area contributed by atoms with E-state index >= 15 is 0 Å². The van der Waals surface area contributed by atoms with Gasteiger partial charge in [0.15, 0.2) is 0 Å². The number of fused-ring (bicyclic) bond motifs is 4. The Kier molecular flexibility index (Phi) is 0.729. The summed E-state index contributed by atoms with van der Waals surface area (Å²) >= 11 is 0. The van der Waals surface area contributed by atoms with E-state index < -0.39 is 0 Å². The molecule has 0 saturated heterocycles. The largest absolute Gasteiger partial charge is 0.197 e. The molecule has 0 spiro atoms. The lowest BCUT2D eigenvalue weighted by molar-refractivity contribution is 0.387. The van der Waals surface area contributed by atoms with Crippen molar-refractivity contribution in [2.75, 3.05) is 0 Å². The normalized spacial score (nSPS) is 47.2. The van der Waals surface area contributed by atoms with Crippen LogP contribution in [0, 0.1) is 23.2 Å². The van der Waals surface area contributed by atoms with Crippen molar-refractivity contribution >= 4 is 0 Å². The molecular formula is C12H9N. The molecule has 1 aromatic rings. The molecule has 2 saturated carbocycles. The third-order valence-corrected chi connectivity index (χ3v) is 4.37. The Hall–Kier alpha value is -1.29. The first kappa shape index (κ1) is 6.21. The minimum Gasteiger partial charge on any atom is -0.197 e. The standard InChI is InChI=1S/C12H9N/c13-6-12-9-4-2-1-3-7(9)8-5-10(12)11(8)12/h1-4,8,10-11H,5H2. The van der Waals surface area contributed by atoms with E-state index in [2.05, 4.69) is 30.3 Å². The Morgan fingerprint density at radius 1 is 1.38 bits per heavy atom. The van der Waals surface area contributed by atoms with Crippen LogP contribution in [0.4, 0.5) is 0 Å². The minimum absolute atomic E-state index is 0.0265. The maximum Gasteiger partial charge on any atom is 0.0894 e. The second-order valence-electron chi connectivity index (χ2n) is 4.54. The summed E-state index contributed by atoms with van der Waals surface area (Å²) in [5.41, 5.74) is 2.79. The molecule has 0 aromatic heterocycles. The molecule has 0 bridgehead atoms. The summed E-state index contributed by atoms with van der Waals surface area (Å²) in [6, 6.07) is 11.1. The number of nitriles is 1. The fourth-order valence-electron chi connectivity index (χ4n) is 3.76. The lowest BCUT2D eigenvalue weighted by Gasteiger charge is -2.26. The molecule has 4 unspecified atom stereocenters. The predicted molar refractivity (Wildman–Crippen MR) is 48.1 cm³/mol. The maximum absolute atomic E-state index is 9.26. The molecule has 3 aliphatic rings. The smallest absolute Gasteiger partial charge is 0.0894 e. The van der Waals surface area contributed by atoms with Gasteiger partial charge in [0, 0.05) is 0 Å². The summed E-state index contributed by atoms with van der Waals surface area (Å²) in [5, 5.41) is 9.26. The summed E-state index contributed by atoms with van der Waals surface area (Å²) < 4.78 is 0. The fourth-order valence-corrected chi connectivity index (χ4v) is 3.76. The third-order valence-electron chi connectivity index (χ3n) is 4.37. The van der Waals surface area contributed by atoms with E-state index in [0.717, 1.165) is 11.8 Å². The van der Waals surface area contributed by atoms with Gasteiger partial charge in [-0.2, -0.15) is 5.26 Å². The quantitative estimate of drug-likeness (QED) is 0.581. The Balaban J connectivity index is 2.08. The zero-order chi connectivity index (χ0) is 8.63. The molecule has 1 nitrogen and oxygen atoms in total. The van der Waals surface area contributed by atoms with Crippen LogP contribution in [0.2, 0.25) is 0 Å². The van der Waals surface area contributed by atoms with E-state index in [1.165, 1.54) is 17.5 Å². The summed E-state index contributed by atoms with van der Waals surface area (Å²) in [6.45, 7) is 0. The van der Waals surface area contributed by atoms with Crippen LogP contribution in [-0.4, -0.2) is 0 Å². The van der Waals surface area contributed by atoms with Gasteiger partial charge in [-0.1, -0.05) is 24.3 Å². The van der Waals surface area contributed by atoms with Crippen LogP contribution >= 0.6 is 0 Å². The molecule has 1 aromatic carbocycles. The Bertz CT molecular complexity index is 456. The SMILES string of the molecule is N#CC12c3ccccc3C3CC1C32. The van der Waals surface area contributed by atoms with E-state index in [-0.39, 0.29) is 5.41 Å². The number of rotatable bonds is 0. The molecule has 0 amide bonds. The highest BCUT2D eigenvalue weighted by atomic mass is 14.8. The van der Waals surface area contributed by atoms with E-state index in [1.807, 2.05) is 0 Å². The van der Waals surface area contributed by atoms with Gasteiger partial charge in [0.05, 0.1) is 11.5 Å². The van der Waals surface area contributed by atoms with Gasteiger partial charge in [0.25, 0.3) is 0 Å². The molecule has 13 heavy (non-hydrogen) atoms. The van der Waals surface area contributed by atoms with E-state index in [9.17, 15) is 5.26 Å². The van der Waals surface area contributed by atoms with Gasteiger partial charge in [-0.15, -0.1) is 0 Å². The summed E-state index contributed by atoms with van der Waals surface area (Å²) in [7, 11) is 0. The van der Waals surface area contributed by atoms with Gasteiger partial charge in [-0.3, -0.25) is 0 Å². The highest BCUT2D eigenvalue weighted by Gasteiger charge is 2.80. The molecule has 2 fully saturated rings. The van der Waals surface area contributed by atoms with Gasteiger partial charge in [-0.25, -0.2) is 0 Å². The number of nitrogens with zero attached hydrogens (tertiary/aromatic N) is 1. The van der Waals surface area contributed by atoms with Crippen LogP contribution in [0.25, 0.3) is 0 Å². The van der Waals surface area contributed by atoms with Crippen LogP contribution in [0.15, 0.2) is 24.3 Å². The number of hydrogen-bond acceptors (Lipinski definition) is 1. The lowest BCUT2D eigenvalue weighted by Crippen LogP contribution is -2.16. The molecule has 62 valence electrons. The number of benzene rings is 1. The van der Waals surface area contributed by atoms with Gasteiger partial charge >= 0.3 is 0 Å². The molecule has 4 rings (SSSR count). The molecule has 0 aliphatic heterocycles. The highest BCUT2D eigenvalue weighted by molar-refractivity contribution is 5.61. The molecular weight excluding hydrogens is 158 g/mol. The second kappa shape index (κ2) is 1.53. The van der Waals surface area contributed by atoms with Crippen LogP contribution in [0.3, 0.4) is 0 Å². The predicted octanol–water partition coefficient (Wildman–Crippen LogP) is 2.19. The van der Waals surface area contributed by atoms with Crippen molar-refractivity contribution in [3.8, 4) is 6.07 Å². The molecule has 0 heterocycles. The van der Waals surface area contributed by atoms with Crippen molar-refractivity contribution in [3.05, 3.63) is 35.4 Å². The van der Waals surface area contributed by atoms with Gasteiger partial charge in [0.1, 0.15) is 0 Å². The first-order valence-electron chi connectivity index (χ1n) is 4.90. The molecule has 1 heteroatoms. The van der Waals surface area contributed by atoms with Crippen molar-refractivity contribution in [2.45, 2.75) is 17.8 Å². The zero-order valence-corrected chi connectivity index (χ0v) is 7.20. The van der Waals surface area contributed by atoms with Gasteiger partial charge < -0.3 is 0 Å². The van der Waals surface area contributed by atoms with Gasteiger partial charge in [0.2, 0.25) is 0 Å². The summed E-state index contributed by atoms with van der Waals surface area (Å²) in [5.74, 6) is 2.16. The summed E-state index contributed by atoms with van der Waals surface area (Å²) in [4.78, 5) is 0. The molecule has 3 aliphatic carbocycles. The molecule has 0 N–H and O–H groups in total. The maximum atomic E-state index is 9.26. The van der Waals surface area contributed by atoms with Crippen LogP contribution in [0.1, 0.15) is 23.5 Å². The van der Waals surface area contributed by atoms with E-state index in [4.69, 9.17) is 0 Å². The minimum atomic E-state index is -0.0265. The highest BCUT2D eigenvalue weighted by Crippen LogP contribution is 2.81. The van der Waals surface area contributed by atoms with Crippen LogP contribution in [0.5, 0.6) is 0 Å². The first-order valence-corrected chi connectivity index (χ1v) is 4.90. The average molecular weight is 167 g/mol. The second-order valence-corrected chi connectivity index (χ2v) is 4.54. The zero-order valence-electron chi connectivity index (χ0n) is 7.20. The van der Waals surface area contributed by atoms with Crippen molar-refractivity contribution in [1.82, 2.24) is 0 Å². The fraction of sp³-hybridized carbons (Fsp3) is 0.417. The average Bonchev–Trinajstić information content (AvgIpc) is 2.59. The van der Waals surface area contributed by atoms with E-state index in [0.29, 0.717) is 5.92 Å². The topological polar surface area (TPSA) is 23.8 Å². The monoisotopic (exact) mass is 167 g/mol. The van der Waals surface area contributed by atoms with Crippen LogP contribution in [-0.2, 0) is 5.41 Å². The number of hydrogen-bond donors (Lipinski definition) is 0. The molecule has 0 radical (unpaired) electrons. The Labute approximate surface area is 77.0 Å². The van der Waals surface area contributed by atoms with Crippen LogP contribution < -0.4 is 0 Å². The Morgan fingerprint density at radius 2 is 2.23 bits per heavy atom. The van der Waals surface area contributed by atoms with E-state index in [1.54, 1.807) is 0 Å². The Morgan fingerprint density at radius 3 is 3.08 bits per heavy atom. The molecule has 4 atom stereocenters. The van der Waals surface area contributed by atoms with Crippen molar-refractivity contribution < 1.29 is 0 Å². The lowest BCUT2D eigenvalue weighted by atomic mass is 9.77. The summed E-state index contributed by atoms with van der Waals surface area (Å²) in [6.07, 6.45) is 1.27. The van der Waals surface area contributed by atoms with Crippen molar-refractivity contribution in [1.29, 1.82) is 5.26 Å². The third kappa shape index (κ3) is 0.406. The van der Waals surface area contributed by atoms with Crippen molar-refractivity contribution in [2.24, 2.45) is 11.8 Å². The first-order chi connectivity index (χ1) is 6.39. The van der Waals surface area contributed by atoms with Crippen molar-refractivity contribution in [3.63, 3.8) is 0 Å². The van der Waals surface area contributed by atoms with Gasteiger partial charge in [-0.05, 0) is 35.3 Å².